The van der Waals surface area contributed by atoms with Crippen LogP contribution in [0, 0.1) is 0 Å². The molecule has 0 radical (unpaired) electrons. The summed E-state index contributed by atoms with van der Waals surface area (Å²) in [6.07, 6.45) is 1.50. The zero-order valence-corrected chi connectivity index (χ0v) is 12.8. The highest BCUT2D eigenvalue weighted by atomic mass is 79.9. The molecule has 1 heterocycles. The molecule has 1 N–H and O–H groups in total. The second kappa shape index (κ2) is 6.37. The van der Waals surface area contributed by atoms with Gasteiger partial charge in [-0.25, -0.2) is 4.98 Å². The summed E-state index contributed by atoms with van der Waals surface area (Å²) in [7, 11) is 0. The zero-order chi connectivity index (χ0) is 13.8. The summed E-state index contributed by atoms with van der Waals surface area (Å²) in [5.74, 6) is 0.151. The van der Waals surface area contributed by atoms with Crippen LogP contribution in [-0.4, -0.2) is 10.9 Å². The van der Waals surface area contributed by atoms with E-state index in [1.165, 1.54) is 6.20 Å². The van der Waals surface area contributed by atoms with Crippen molar-refractivity contribution in [3.63, 3.8) is 0 Å². The van der Waals surface area contributed by atoms with Crippen molar-refractivity contribution >= 4 is 50.7 Å². The van der Waals surface area contributed by atoms with E-state index in [0.717, 1.165) is 5.56 Å². The number of aromatic nitrogens is 1. The number of alkyl halides is 1. The van der Waals surface area contributed by atoms with Crippen LogP contribution in [0.15, 0.2) is 41.0 Å². The number of carbonyl (C=O) groups is 1. The van der Waals surface area contributed by atoms with Crippen molar-refractivity contribution in [2.45, 2.75) is 5.88 Å². The number of hydrogen-bond donors (Lipinski definition) is 1. The molecule has 1 aromatic carbocycles. The lowest BCUT2D eigenvalue weighted by Crippen LogP contribution is -2.12. The molecule has 0 aliphatic carbocycles. The summed E-state index contributed by atoms with van der Waals surface area (Å²) in [5.41, 5.74) is 2.01. The van der Waals surface area contributed by atoms with Crippen LogP contribution < -0.4 is 5.32 Å². The largest absolute Gasteiger partial charge is 0.321 e. The van der Waals surface area contributed by atoms with Crippen molar-refractivity contribution in [1.82, 2.24) is 4.98 Å². The summed E-state index contributed by atoms with van der Waals surface area (Å²) in [6.45, 7) is 0. The average Bonchev–Trinajstić information content (AvgIpc) is 2.43. The number of amides is 1. The van der Waals surface area contributed by atoms with E-state index in [4.69, 9.17) is 23.2 Å². The number of benzene rings is 1. The van der Waals surface area contributed by atoms with Crippen molar-refractivity contribution in [3.05, 3.63) is 57.3 Å². The topological polar surface area (TPSA) is 42.0 Å². The van der Waals surface area contributed by atoms with Gasteiger partial charge < -0.3 is 5.32 Å². The Balaban J connectivity index is 2.18. The number of nitrogens with one attached hydrogen (secondary N) is 1. The number of nitrogens with zero attached hydrogens (tertiary/aromatic N) is 1. The van der Waals surface area contributed by atoms with Gasteiger partial charge in [-0.15, -0.1) is 11.6 Å². The molecule has 3 nitrogen and oxygen atoms in total. The third-order valence-corrected chi connectivity index (χ3v) is 3.84. The fourth-order valence-corrected chi connectivity index (χ4v) is 2.11. The SMILES string of the molecule is O=C(Nc1cnc(Cl)c(Br)c1)c1cccc(CCl)c1. The lowest BCUT2D eigenvalue weighted by atomic mass is 10.1. The zero-order valence-electron chi connectivity index (χ0n) is 9.66. The number of carbonyl (C=O) groups excluding carboxylic acids is 1. The second-order valence-corrected chi connectivity index (χ2v) is 5.26. The number of hydrogen-bond acceptors (Lipinski definition) is 2. The van der Waals surface area contributed by atoms with E-state index in [1.807, 2.05) is 6.07 Å². The maximum Gasteiger partial charge on any atom is 0.255 e. The molecule has 0 fully saturated rings. The molecule has 2 aromatic rings. The monoisotopic (exact) mass is 358 g/mol. The van der Waals surface area contributed by atoms with Gasteiger partial charge >= 0.3 is 0 Å². The van der Waals surface area contributed by atoms with Crippen LogP contribution in [0.2, 0.25) is 5.15 Å². The van der Waals surface area contributed by atoms with E-state index in [0.29, 0.717) is 26.8 Å². The third kappa shape index (κ3) is 3.69. The molecule has 0 saturated heterocycles. The van der Waals surface area contributed by atoms with Gasteiger partial charge in [0, 0.05) is 11.4 Å². The van der Waals surface area contributed by atoms with Crippen molar-refractivity contribution in [2.75, 3.05) is 5.32 Å². The van der Waals surface area contributed by atoms with Gasteiger partial charge in [0.2, 0.25) is 0 Å². The van der Waals surface area contributed by atoms with Crippen molar-refractivity contribution < 1.29 is 4.79 Å². The maximum absolute atomic E-state index is 12.0. The van der Waals surface area contributed by atoms with Gasteiger partial charge in [-0.2, -0.15) is 0 Å². The molecular weight excluding hydrogens is 351 g/mol. The lowest BCUT2D eigenvalue weighted by Gasteiger charge is -2.06. The molecule has 0 aliphatic rings. The number of rotatable bonds is 3. The van der Waals surface area contributed by atoms with Crippen LogP contribution in [0.25, 0.3) is 0 Å². The van der Waals surface area contributed by atoms with Gasteiger partial charge in [-0.3, -0.25) is 4.79 Å². The first-order chi connectivity index (χ1) is 9.10. The Labute approximate surface area is 129 Å². The van der Waals surface area contributed by atoms with Crippen LogP contribution in [0.5, 0.6) is 0 Å². The van der Waals surface area contributed by atoms with Crippen LogP contribution in [-0.2, 0) is 5.88 Å². The first-order valence-electron chi connectivity index (χ1n) is 5.37. The Bertz CT molecular complexity index is 619. The number of anilines is 1. The smallest absolute Gasteiger partial charge is 0.255 e. The third-order valence-electron chi connectivity index (χ3n) is 2.40. The fraction of sp³-hybridized carbons (Fsp3) is 0.0769. The molecule has 0 aliphatic heterocycles. The first kappa shape index (κ1) is 14.3. The Hall–Kier alpha value is -1.10. The van der Waals surface area contributed by atoms with E-state index in [9.17, 15) is 4.79 Å². The van der Waals surface area contributed by atoms with Crippen LogP contribution in [0.3, 0.4) is 0 Å². The number of halogens is 3. The van der Waals surface area contributed by atoms with Crippen molar-refractivity contribution in [1.29, 1.82) is 0 Å². The van der Waals surface area contributed by atoms with Crippen LogP contribution in [0.1, 0.15) is 15.9 Å². The fourth-order valence-electron chi connectivity index (χ4n) is 1.49. The summed E-state index contributed by atoms with van der Waals surface area (Å²) in [6, 6.07) is 8.83. The van der Waals surface area contributed by atoms with E-state index < -0.39 is 0 Å². The van der Waals surface area contributed by atoms with Gasteiger partial charge in [0.05, 0.1) is 16.4 Å². The van der Waals surface area contributed by atoms with Gasteiger partial charge in [-0.1, -0.05) is 23.7 Å². The molecule has 2 rings (SSSR count). The molecule has 1 amide bonds. The predicted octanol–water partition coefficient (Wildman–Crippen LogP) is 4.49. The Morgan fingerprint density at radius 3 is 2.84 bits per heavy atom. The van der Waals surface area contributed by atoms with E-state index in [1.54, 1.807) is 24.3 Å². The highest BCUT2D eigenvalue weighted by Gasteiger charge is 2.08. The first-order valence-corrected chi connectivity index (χ1v) is 7.08. The van der Waals surface area contributed by atoms with Crippen LogP contribution in [0.4, 0.5) is 5.69 Å². The highest BCUT2D eigenvalue weighted by Crippen LogP contribution is 2.23. The normalized spacial score (nSPS) is 10.3. The Morgan fingerprint density at radius 1 is 1.37 bits per heavy atom. The second-order valence-electron chi connectivity index (χ2n) is 3.78. The number of pyridine rings is 1. The minimum absolute atomic E-state index is 0.219. The van der Waals surface area contributed by atoms with Gasteiger partial charge in [0.15, 0.2) is 0 Å². The quantitative estimate of drug-likeness (QED) is 0.648. The van der Waals surface area contributed by atoms with Crippen molar-refractivity contribution in [2.24, 2.45) is 0 Å². The van der Waals surface area contributed by atoms with Crippen molar-refractivity contribution in [3.8, 4) is 0 Å². The summed E-state index contributed by atoms with van der Waals surface area (Å²) < 4.78 is 0.626. The molecule has 98 valence electrons. The van der Waals surface area contributed by atoms with Gasteiger partial charge in [-0.05, 0) is 39.7 Å². The Kier molecular flexibility index (Phi) is 4.80. The van der Waals surface area contributed by atoms with Gasteiger partial charge in [0.25, 0.3) is 5.91 Å². The minimum Gasteiger partial charge on any atom is -0.321 e. The summed E-state index contributed by atoms with van der Waals surface area (Å²) >= 11 is 14.8. The standard InChI is InChI=1S/C13H9BrCl2N2O/c14-11-5-10(7-17-12(11)16)18-13(19)9-3-1-2-8(4-9)6-15/h1-5,7H,6H2,(H,18,19). The molecule has 6 heteroatoms. The molecular formula is C13H9BrCl2N2O. The molecule has 0 bridgehead atoms. The molecule has 0 saturated carbocycles. The molecule has 0 spiro atoms. The van der Waals surface area contributed by atoms with Gasteiger partial charge in [0.1, 0.15) is 5.15 Å². The predicted molar refractivity (Wildman–Crippen MR) is 80.9 cm³/mol. The molecule has 0 unspecified atom stereocenters. The molecule has 1 aromatic heterocycles. The Morgan fingerprint density at radius 2 is 2.16 bits per heavy atom. The molecule has 19 heavy (non-hydrogen) atoms. The summed E-state index contributed by atoms with van der Waals surface area (Å²) in [4.78, 5) is 16.0. The highest BCUT2D eigenvalue weighted by molar-refractivity contribution is 9.10. The van der Waals surface area contributed by atoms with E-state index in [2.05, 4.69) is 26.2 Å². The summed E-state index contributed by atoms with van der Waals surface area (Å²) in [5, 5.41) is 3.09. The average molecular weight is 360 g/mol. The minimum atomic E-state index is -0.219. The van der Waals surface area contributed by atoms with Crippen LogP contribution >= 0.6 is 39.1 Å². The van der Waals surface area contributed by atoms with E-state index in [-0.39, 0.29) is 5.91 Å². The molecule has 0 atom stereocenters. The van der Waals surface area contributed by atoms with E-state index >= 15 is 0 Å². The maximum atomic E-state index is 12.0. The lowest BCUT2D eigenvalue weighted by molar-refractivity contribution is 0.102.